The number of nitrogens with zero attached hydrogens (tertiary/aromatic N) is 1. The Morgan fingerprint density at radius 1 is 0.524 bits per heavy atom. The molecule has 0 N–H and O–H groups in total. The number of rotatable bonds is 4. The quantitative estimate of drug-likeness (QED) is 0.201. The third-order valence-corrected chi connectivity index (χ3v) is 9.34. The van der Waals surface area contributed by atoms with Gasteiger partial charge in [0.15, 0.2) is 0 Å². The van der Waals surface area contributed by atoms with Crippen LogP contribution in [0, 0.1) is 0 Å². The largest absolute Gasteiger partial charge is 0.310 e. The molecule has 0 heterocycles. The normalized spacial score (nSPS) is 13.4. The van der Waals surface area contributed by atoms with Crippen molar-refractivity contribution in [1.29, 1.82) is 0 Å². The molecule has 7 aromatic carbocycles. The summed E-state index contributed by atoms with van der Waals surface area (Å²) in [4.78, 5) is 2.37. The maximum atomic E-state index is 2.46. The summed E-state index contributed by atoms with van der Waals surface area (Å²) in [7, 11) is 0. The van der Waals surface area contributed by atoms with Crippen molar-refractivity contribution in [2.24, 2.45) is 0 Å². The van der Waals surface area contributed by atoms with Crippen LogP contribution in [0.1, 0.15) is 37.5 Å². The first kappa shape index (κ1) is 24.9. The zero-order chi connectivity index (χ0) is 28.4. The Morgan fingerprint density at radius 3 is 1.83 bits per heavy atom. The second-order valence-corrected chi connectivity index (χ2v) is 12.1. The van der Waals surface area contributed by atoms with Crippen LogP contribution < -0.4 is 4.90 Å². The van der Waals surface area contributed by atoms with Gasteiger partial charge in [-0.05, 0) is 115 Å². The molecule has 0 aromatic heterocycles. The molecule has 0 aliphatic heterocycles. The summed E-state index contributed by atoms with van der Waals surface area (Å²) in [6.07, 6.45) is 1.04. The Labute approximate surface area is 247 Å². The molecule has 0 spiro atoms. The Morgan fingerprint density at radius 2 is 1.12 bits per heavy atom. The van der Waals surface area contributed by atoms with E-state index < -0.39 is 0 Å². The van der Waals surface area contributed by atoms with Gasteiger partial charge in [-0.3, -0.25) is 0 Å². The molecule has 0 fully saturated rings. The van der Waals surface area contributed by atoms with E-state index >= 15 is 0 Å². The Bertz CT molecular complexity index is 2140. The maximum absolute atomic E-state index is 2.46. The Hall–Kier alpha value is -4.88. The predicted octanol–water partition coefficient (Wildman–Crippen LogP) is 11.5. The SMILES string of the molecule is CCc1ccc(N(c2ccccc2)c2ccc3cc4c(cc3c2)C(C)(C)c2c-4c3ccccc3c3ccccc23)cc1. The molecule has 0 atom stereocenters. The summed E-state index contributed by atoms with van der Waals surface area (Å²) < 4.78 is 0. The van der Waals surface area contributed by atoms with Crippen molar-refractivity contribution in [2.45, 2.75) is 32.6 Å². The number of para-hydroxylation sites is 1. The van der Waals surface area contributed by atoms with Gasteiger partial charge in [0.1, 0.15) is 0 Å². The van der Waals surface area contributed by atoms with Gasteiger partial charge in [0.05, 0.1) is 0 Å². The highest BCUT2D eigenvalue weighted by atomic mass is 15.1. The number of anilines is 3. The molecule has 0 bridgehead atoms. The summed E-state index contributed by atoms with van der Waals surface area (Å²) in [5.41, 5.74) is 10.4. The van der Waals surface area contributed by atoms with Gasteiger partial charge in [-0.1, -0.05) is 106 Å². The minimum Gasteiger partial charge on any atom is -0.310 e. The molecular formula is C41H33N. The molecule has 0 unspecified atom stereocenters. The van der Waals surface area contributed by atoms with Crippen LogP contribution in [-0.2, 0) is 11.8 Å². The van der Waals surface area contributed by atoms with E-state index in [1.807, 2.05) is 0 Å². The van der Waals surface area contributed by atoms with Gasteiger partial charge >= 0.3 is 0 Å². The van der Waals surface area contributed by atoms with Gasteiger partial charge in [-0.25, -0.2) is 0 Å². The fourth-order valence-corrected chi connectivity index (χ4v) is 7.26. The van der Waals surface area contributed by atoms with Gasteiger partial charge in [0.25, 0.3) is 0 Å². The van der Waals surface area contributed by atoms with E-state index in [0.29, 0.717) is 0 Å². The molecule has 0 radical (unpaired) electrons. The monoisotopic (exact) mass is 539 g/mol. The fourth-order valence-electron chi connectivity index (χ4n) is 7.26. The van der Waals surface area contributed by atoms with Crippen molar-refractivity contribution in [3.8, 4) is 11.1 Å². The van der Waals surface area contributed by atoms with E-state index in [2.05, 4.69) is 159 Å². The molecule has 0 saturated heterocycles. The Balaban J connectivity index is 1.35. The first-order valence-corrected chi connectivity index (χ1v) is 15.0. The highest BCUT2D eigenvalue weighted by Crippen LogP contribution is 2.55. The third-order valence-electron chi connectivity index (χ3n) is 9.34. The first-order valence-electron chi connectivity index (χ1n) is 15.0. The van der Waals surface area contributed by atoms with Gasteiger partial charge in [0, 0.05) is 22.5 Å². The van der Waals surface area contributed by atoms with Crippen molar-refractivity contribution in [1.82, 2.24) is 0 Å². The van der Waals surface area contributed by atoms with Crippen LogP contribution in [-0.4, -0.2) is 0 Å². The molecular weight excluding hydrogens is 506 g/mol. The Kier molecular flexibility index (Phi) is 5.52. The van der Waals surface area contributed by atoms with Gasteiger partial charge < -0.3 is 4.90 Å². The van der Waals surface area contributed by atoms with E-state index in [-0.39, 0.29) is 5.41 Å². The molecule has 202 valence electrons. The van der Waals surface area contributed by atoms with E-state index in [0.717, 1.165) is 12.1 Å². The number of benzene rings is 7. The molecule has 42 heavy (non-hydrogen) atoms. The first-order chi connectivity index (χ1) is 20.5. The topological polar surface area (TPSA) is 3.24 Å². The molecule has 1 aliphatic rings. The summed E-state index contributed by atoms with van der Waals surface area (Å²) in [6, 6.07) is 49.4. The fraction of sp³-hybridized carbons (Fsp3) is 0.122. The van der Waals surface area contributed by atoms with Crippen LogP contribution in [0.15, 0.2) is 133 Å². The third kappa shape index (κ3) is 3.63. The summed E-state index contributed by atoms with van der Waals surface area (Å²) >= 11 is 0. The van der Waals surface area contributed by atoms with Gasteiger partial charge in [-0.2, -0.15) is 0 Å². The molecule has 1 nitrogen and oxygen atoms in total. The van der Waals surface area contributed by atoms with Gasteiger partial charge in [-0.15, -0.1) is 0 Å². The highest BCUT2D eigenvalue weighted by molar-refractivity contribution is 6.19. The maximum Gasteiger partial charge on any atom is 0.0468 e. The summed E-state index contributed by atoms with van der Waals surface area (Å²) in [5.74, 6) is 0. The highest BCUT2D eigenvalue weighted by Gasteiger charge is 2.38. The van der Waals surface area contributed by atoms with Crippen LogP contribution in [0.4, 0.5) is 17.1 Å². The number of fused-ring (bicyclic) bond motifs is 9. The van der Waals surface area contributed by atoms with E-state index in [1.165, 1.54) is 71.5 Å². The van der Waals surface area contributed by atoms with Crippen molar-refractivity contribution in [3.63, 3.8) is 0 Å². The van der Waals surface area contributed by atoms with E-state index in [9.17, 15) is 0 Å². The number of hydrogen-bond donors (Lipinski definition) is 0. The predicted molar refractivity (Wildman–Crippen MR) is 181 cm³/mol. The zero-order valence-electron chi connectivity index (χ0n) is 24.4. The molecule has 0 saturated carbocycles. The van der Waals surface area contributed by atoms with Crippen molar-refractivity contribution >= 4 is 49.4 Å². The zero-order valence-corrected chi connectivity index (χ0v) is 24.4. The lowest BCUT2D eigenvalue weighted by Gasteiger charge is -2.26. The molecule has 1 aliphatic carbocycles. The van der Waals surface area contributed by atoms with Crippen LogP contribution in [0.25, 0.3) is 43.4 Å². The molecule has 0 amide bonds. The van der Waals surface area contributed by atoms with Crippen LogP contribution in [0.2, 0.25) is 0 Å². The second kappa shape index (κ2) is 9.33. The van der Waals surface area contributed by atoms with Crippen molar-refractivity contribution < 1.29 is 0 Å². The molecule has 7 aromatic rings. The van der Waals surface area contributed by atoms with E-state index in [4.69, 9.17) is 0 Å². The average molecular weight is 540 g/mol. The lowest BCUT2D eigenvalue weighted by molar-refractivity contribution is 0.667. The van der Waals surface area contributed by atoms with E-state index in [1.54, 1.807) is 0 Å². The van der Waals surface area contributed by atoms with Gasteiger partial charge in [0.2, 0.25) is 0 Å². The van der Waals surface area contributed by atoms with Crippen LogP contribution in [0.3, 0.4) is 0 Å². The minimum absolute atomic E-state index is 0.117. The molecule has 8 rings (SSSR count). The summed E-state index contributed by atoms with van der Waals surface area (Å²) in [6.45, 7) is 7.01. The lowest BCUT2D eigenvalue weighted by Crippen LogP contribution is -2.15. The van der Waals surface area contributed by atoms with Crippen LogP contribution in [0.5, 0.6) is 0 Å². The molecule has 1 heteroatoms. The second-order valence-electron chi connectivity index (χ2n) is 12.1. The standard InChI is InChI=1S/C41H33N/c1-4-27-18-21-31(22-19-27)42(30-12-6-5-7-13-30)32-23-20-28-25-37-38(26-29(28)24-32)41(2,3)40-36-17-11-9-15-34(36)33-14-8-10-16-35(33)39(37)40/h5-26H,4H2,1-3H3. The van der Waals surface area contributed by atoms with Crippen molar-refractivity contribution in [3.05, 3.63) is 150 Å². The average Bonchev–Trinajstić information content (AvgIpc) is 3.27. The number of hydrogen-bond acceptors (Lipinski definition) is 1. The number of aryl methyl sites for hydroxylation is 1. The smallest absolute Gasteiger partial charge is 0.0468 e. The summed E-state index contributed by atoms with van der Waals surface area (Å²) in [5, 5.41) is 7.92. The minimum atomic E-state index is -0.117. The van der Waals surface area contributed by atoms with Crippen LogP contribution >= 0.6 is 0 Å². The lowest BCUT2D eigenvalue weighted by atomic mass is 9.79. The van der Waals surface area contributed by atoms with Crippen molar-refractivity contribution in [2.75, 3.05) is 4.90 Å².